The smallest absolute Gasteiger partial charge is 0.252 e. The van der Waals surface area contributed by atoms with Crippen LogP contribution >= 0.6 is 11.6 Å². The first kappa shape index (κ1) is 16.5. The standard InChI is InChI=1S/C18H23ClN2O2/c1-2-8-23-16-4-3-7-21(12-16)11-14-9-13-5-6-15(19)10-17(13)20-18(14)22/h5-6,9-10,16H,2-4,7-8,11-12H2,1H3,(H,20,22)/t16-/m1/s1. The van der Waals surface area contributed by atoms with Crippen molar-refractivity contribution in [3.8, 4) is 0 Å². The van der Waals surface area contributed by atoms with Crippen LogP contribution in [0.2, 0.25) is 5.02 Å². The Morgan fingerprint density at radius 3 is 3.09 bits per heavy atom. The van der Waals surface area contributed by atoms with E-state index in [1.165, 1.54) is 0 Å². The van der Waals surface area contributed by atoms with E-state index in [0.29, 0.717) is 17.7 Å². The Hall–Kier alpha value is -1.36. The highest BCUT2D eigenvalue weighted by atomic mass is 35.5. The number of nitrogens with one attached hydrogen (secondary N) is 1. The van der Waals surface area contributed by atoms with E-state index >= 15 is 0 Å². The number of rotatable bonds is 5. The van der Waals surface area contributed by atoms with Crippen molar-refractivity contribution in [2.75, 3.05) is 19.7 Å². The van der Waals surface area contributed by atoms with Crippen molar-refractivity contribution < 1.29 is 4.74 Å². The van der Waals surface area contributed by atoms with Gasteiger partial charge >= 0.3 is 0 Å². The van der Waals surface area contributed by atoms with Crippen LogP contribution in [0.15, 0.2) is 29.1 Å². The maximum atomic E-state index is 12.3. The summed E-state index contributed by atoms with van der Waals surface area (Å²) in [5.41, 5.74) is 1.56. The summed E-state index contributed by atoms with van der Waals surface area (Å²) in [6.45, 7) is 5.53. The molecule has 1 atom stereocenters. The Balaban J connectivity index is 1.74. The zero-order valence-corrected chi connectivity index (χ0v) is 14.2. The number of aromatic amines is 1. The number of hydrogen-bond donors (Lipinski definition) is 1. The minimum Gasteiger partial charge on any atom is -0.377 e. The average molecular weight is 335 g/mol. The van der Waals surface area contributed by atoms with Gasteiger partial charge in [0.2, 0.25) is 0 Å². The van der Waals surface area contributed by atoms with Crippen molar-refractivity contribution >= 4 is 22.5 Å². The molecule has 0 bridgehead atoms. The van der Waals surface area contributed by atoms with Gasteiger partial charge in [-0.2, -0.15) is 0 Å². The van der Waals surface area contributed by atoms with Crippen molar-refractivity contribution in [3.63, 3.8) is 0 Å². The molecule has 0 aliphatic carbocycles. The van der Waals surface area contributed by atoms with E-state index in [-0.39, 0.29) is 5.56 Å². The number of pyridine rings is 1. The molecule has 1 saturated heterocycles. The molecule has 4 nitrogen and oxygen atoms in total. The van der Waals surface area contributed by atoms with Crippen LogP contribution in [0.25, 0.3) is 10.9 Å². The van der Waals surface area contributed by atoms with Crippen molar-refractivity contribution in [3.05, 3.63) is 45.2 Å². The van der Waals surface area contributed by atoms with Crippen molar-refractivity contribution in [2.24, 2.45) is 0 Å². The molecule has 2 heterocycles. The number of ether oxygens (including phenoxy) is 1. The van der Waals surface area contributed by atoms with Gasteiger partial charge in [0.15, 0.2) is 0 Å². The molecule has 5 heteroatoms. The summed E-state index contributed by atoms with van der Waals surface area (Å²) in [6, 6.07) is 7.56. The Morgan fingerprint density at radius 2 is 2.26 bits per heavy atom. The lowest BCUT2D eigenvalue weighted by Crippen LogP contribution is -2.40. The summed E-state index contributed by atoms with van der Waals surface area (Å²) in [5, 5.41) is 1.65. The van der Waals surface area contributed by atoms with Gasteiger partial charge in [-0.25, -0.2) is 0 Å². The zero-order chi connectivity index (χ0) is 16.2. The number of halogens is 1. The first-order chi connectivity index (χ1) is 11.2. The SMILES string of the molecule is CCCO[C@@H]1CCCN(Cc2cc3ccc(Cl)cc3[nH]c2=O)C1. The fourth-order valence-corrected chi connectivity index (χ4v) is 3.33. The van der Waals surface area contributed by atoms with Gasteiger partial charge in [0.25, 0.3) is 5.56 Å². The lowest BCUT2D eigenvalue weighted by molar-refractivity contribution is -0.00231. The van der Waals surface area contributed by atoms with E-state index in [0.717, 1.165) is 55.4 Å². The first-order valence-electron chi connectivity index (χ1n) is 8.31. The van der Waals surface area contributed by atoms with E-state index in [1.54, 1.807) is 6.07 Å². The fraction of sp³-hybridized carbons (Fsp3) is 0.500. The molecule has 2 aromatic rings. The van der Waals surface area contributed by atoms with Gasteiger partial charge in [-0.05, 0) is 49.4 Å². The molecule has 0 radical (unpaired) electrons. The lowest BCUT2D eigenvalue weighted by atomic mass is 10.1. The molecule has 3 rings (SSSR count). The number of aromatic nitrogens is 1. The molecule has 23 heavy (non-hydrogen) atoms. The van der Waals surface area contributed by atoms with Crippen LogP contribution in [0, 0.1) is 0 Å². The summed E-state index contributed by atoms with van der Waals surface area (Å²) >= 11 is 5.98. The normalized spacial score (nSPS) is 19.3. The number of benzene rings is 1. The van der Waals surface area contributed by atoms with E-state index in [1.807, 2.05) is 18.2 Å². The fourth-order valence-electron chi connectivity index (χ4n) is 3.15. The van der Waals surface area contributed by atoms with Crippen LogP contribution in [0.3, 0.4) is 0 Å². The molecule has 1 aromatic carbocycles. The molecule has 1 N–H and O–H groups in total. The predicted octanol–water partition coefficient (Wildman–Crippen LogP) is 3.57. The maximum absolute atomic E-state index is 12.3. The quantitative estimate of drug-likeness (QED) is 0.909. The van der Waals surface area contributed by atoms with Crippen LogP contribution in [-0.4, -0.2) is 35.7 Å². The third-order valence-electron chi connectivity index (χ3n) is 4.30. The van der Waals surface area contributed by atoms with Crippen LogP contribution in [0.4, 0.5) is 0 Å². The van der Waals surface area contributed by atoms with Gasteiger partial charge in [-0.3, -0.25) is 9.69 Å². The number of hydrogen-bond acceptors (Lipinski definition) is 3. The molecule has 0 saturated carbocycles. The Labute approximate surface area is 141 Å². The second-order valence-electron chi connectivity index (χ2n) is 6.23. The summed E-state index contributed by atoms with van der Waals surface area (Å²) in [6.07, 6.45) is 3.57. The first-order valence-corrected chi connectivity index (χ1v) is 8.69. The van der Waals surface area contributed by atoms with Crippen molar-refractivity contribution in [1.29, 1.82) is 0 Å². The summed E-state index contributed by atoms with van der Waals surface area (Å²) < 4.78 is 5.87. The highest BCUT2D eigenvalue weighted by molar-refractivity contribution is 6.31. The number of fused-ring (bicyclic) bond motifs is 1. The topological polar surface area (TPSA) is 45.3 Å². The summed E-state index contributed by atoms with van der Waals surface area (Å²) in [7, 11) is 0. The highest BCUT2D eigenvalue weighted by Gasteiger charge is 2.21. The highest BCUT2D eigenvalue weighted by Crippen LogP contribution is 2.19. The molecule has 1 aliphatic heterocycles. The number of piperidine rings is 1. The second-order valence-corrected chi connectivity index (χ2v) is 6.66. The minimum atomic E-state index is -0.0311. The molecule has 0 amide bonds. The van der Waals surface area contributed by atoms with Gasteiger partial charge in [0, 0.05) is 35.8 Å². The van der Waals surface area contributed by atoms with Gasteiger partial charge < -0.3 is 9.72 Å². The Kier molecular flexibility index (Phi) is 5.36. The molecule has 0 spiro atoms. The van der Waals surface area contributed by atoms with E-state index in [9.17, 15) is 4.79 Å². The molecular weight excluding hydrogens is 312 g/mol. The number of nitrogens with zero attached hydrogens (tertiary/aromatic N) is 1. The van der Waals surface area contributed by atoms with Crippen molar-refractivity contribution in [1.82, 2.24) is 9.88 Å². The van der Waals surface area contributed by atoms with Crippen LogP contribution in [-0.2, 0) is 11.3 Å². The Morgan fingerprint density at radius 1 is 1.39 bits per heavy atom. The second kappa shape index (κ2) is 7.47. The molecule has 124 valence electrons. The van der Waals surface area contributed by atoms with Gasteiger partial charge in [-0.15, -0.1) is 0 Å². The van der Waals surface area contributed by atoms with Gasteiger partial charge in [0.05, 0.1) is 6.10 Å². The van der Waals surface area contributed by atoms with E-state index in [2.05, 4.69) is 16.8 Å². The van der Waals surface area contributed by atoms with Crippen LogP contribution < -0.4 is 5.56 Å². The molecule has 1 aliphatic rings. The third kappa shape index (κ3) is 4.14. The number of likely N-dealkylation sites (tertiary alicyclic amines) is 1. The molecule has 1 fully saturated rings. The molecular formula is C18H23ClN2O2. The van der Waals surface area contributed by atoms with E-state index < -0.39 is 0 Å². The van der Waals surface area contributed by atoms with Crippen LogP contribution in [0.5, 0.6) is 0 Å². The number of H-pyrrole nitrogens is 1. The molecule has 1 aromatic heterocycles. The minimum absolute atomic E-state index is 0.0311. The third-order valence-corrected chi connectivity index (χ3v) is 4.53. The van der Waals surface area contributed by atoms with Gasteiger partial charge in [-0.1, -0.05) is 24.6 Å². The zero-order valence-electron chi connectivity index (χ0n) is 13.5. The predicted molar refractivity (Wildman–Crippen MR) is 94.1 cm³/mol. The van der Waals surface area contributed by atoms with E-state index in [4.69, 9.17) is 16.3 Å². The largest absolute Gasteiger partial charge is 0.377 e. The van der Waals surface area contributed by atoms with Crippen LogP contribution in [0.1, 0.15) is 31.7 Å². The van der Waals surface area contributed by atoms with Crippen molar-refractivity contribution in [2.45, 2.75) is 38.8 Å². The average Bonchev–Trinajstić information content (AvgIpc) is 2.54. The maximum Gasteiger partial charge on any atom is 0.252 e. The monoisotopic (exact) mass is 334 g/mol. The lowest BCUT2D eigenvalue weighted by Gasteiger charge is -2.32. The molecule has 0 unspecified atom stereocenters. The Bertz CT molecular complexity index is 729. The summed E-state index contributed by atoms with van der Waals surface area (Å²) in [4.78, 5) is 17.6. The summed E-state index contributed by atoms with van der Waals surface area (Å²) in [5.74, 6) is 0. The van der Waals surface area contributed by atoms with Gasteiger partial charge in [0.1, 0.15) is 0 Å².